The molecule has 9 aromatic rings. The fourth-order valence-corrected chi connectivity index (χ4v) is 10.7. The van der Waals surface area contributed by atoms with E-state index in [-0.39, 0.29) is 0 Å². The lowest BCUT2D eigenvalue weighted by atomic mass is 9.62. The molecule has 4 nitrogen and oxygen atoms in total. The fourth-order valence-electron chi connectivity index (χ4n) is 8.92. The highest BCUT2D eigenvalue weighted by molar-refractivity contribution is 7.91. The molecule has 2 aliphatic heterocycles. The maximum atomic E-state index is 14.9. The SMILES string of the molecule is O=S1(=O)c2ccccc2C2(c3ccccc3-n3c4ccccc4c4cccc2c43)c2cc3c(cc21)c1ccccc1n3-c1ccccc1. The molecule has 0 fully saturated rings. The lowest BCUT2D eigenvalue weighted by Gasteiger charge is -2.45. The van der Waals surface area contributed by atoms with E-state index in [2.05, 4.69) is 106 Å². The maximum Gasteiger partial charge on any atom is 0.207 e. The van der Waals surface area contributed by atoms with Crippen LogP contribution in [-0.2, 0) is 15.3 Å². The molecule has 0 aliphatic carbocycles. The summed E-state index contributed by atoms with van der Waals surface area (Å²) in [5, 5.41) is 4.28. The van der Waals surface area contributed by atoms with Gasteiger partial charge in [0.25, 0.3) is 0 Å². The quantitative estimate of drug-likeness (QED) is 0.180. The zero-order chi connectivity index (χ0) is 31.8. The summed E-state index contributed by atoms with van der Waals surface area (Å²) in [6, 6.07) is 54.1. The molecule has 1 spiro atoms. The third kappa shape index (κ3) is 2.95. The zero-order valence-corrected chi connectivity index (χ0v) is 26.4. The van der Waals surface area contributed by atoms with Crippen molar-refractivity contribution in [2.75, 3.05) is 0 Å². The van der Waals surface area contributed by atoms with E-state index in [0.717, 1.165) is 71.9 Å². The van der Waals surface area contributed by atoms with Crippen LogP contribution in [0.2, 0.25) is 0 Å². The van der Waals surface area contributed by atoms with Crippen molar-refractivity contribution in [3.63, 3.8) is 0 Å². The number of nitrogens with zero attached hydrogens (tertiary/aromatic N) is 2. The molecule has 5 heteroatoms. The summed E-state index contributed by atoms with van der Waals surface area (Å²) in [6.07, 6.45) is 0. The van der Waals surface area contributed by atoms with E-state index in [1.54, 1.807) is 6.07 Å². The van der Waals surface area contributed by atoms with Crippen molar-refractivity contribution in [3.05, 3.63) is 180 Å². The van der Waals surface area contributed by atoms with Crippen molar-refractivity contribution >= 4 is 53.4 Å². The first kappa shape index (κ1) is 26.2. The van der Waals surface area contributed by atoms with Crippen LogP contribution < -0.4 is 0 Å². The van der Waals surface area contributed by atoms with E-state index in [4.69, 9.17) is 0 Å². The van der Waals surface area contributed by atoms with Gasteiger partial charge in [0.1, 0.15) is 0 Å². The Morgan fingerprint density at radius 1 is 0.417 bits per heavy atom. The van der Waals surface area contributed by atoms with Gasteiger partial charge in [0.05, 0.1) is 43.0 Å². The summed E-state index contributed by atoms with van der Waals surface area (Å²) in [7, 11) is -3.88. The van der Waals surface area contributed by atoms with Crippen LogP contribution in [0.3, 0.4) is 0 Å². The Balaban J connectivity index is 1.42. The van der Waals surface area contributed by atoms with E-state index in [0.29, 0.717) is 9.79 Å². The van der Waals surface area contributed by atoms with Gasteiger partial charge >= 0.3 is 0 Å². The first-order valence-electron chi connectivity index (χ1n) is 16.2. The topological polar surface area (TPSA) is 44.0 Å². The first-order chi connectivity index (χ1) is 23.6. The first-order valence-corrected chi connectivity index (χ1v) is 17.7. The maximum absolute atomic E-state index is 14.9. The number of para-hydroxylation sites is 5. The molecular weight excluding hydrogens is 609 g/mol. The van der Waals surface area contributed by atoms with Gasteiger partial charge in [-0.05, 0) is 70.8 Å². The van der Waals surface area contributed by atoms with Crippen molar-refractivity contribution in [2.24, 2.45) is 0 Å². The van der Waals surface area contributed by atoms with E-state index in [1.165, 1.54) is 5.39 Å². The van der Waals surface area contributed by atoms with E-state index in [1.807, 2.05) is 54.6 Å². The lowest BCUT2D eigenvalue weighted by molar-refractivity contribution is 0.578. The second-order valence-corrected chi connectivity index (χ2v) is 14.8. The number of hydrogen-bond donors (Lipinski definition) is 0. The van der Waals surface area contributed by atoms with Crippen LogP contribution in [0.5, 0.6) is 0 Å². The number of sulfone groups is 1. The van der Waals surface area contributed by atoms with Crippen LogP contribution in [0.4, 0.5) is 0 Å². The number of hydrogen-bond acceptors (Lipinski definition) is 2. The van der Waals surface area contributed by atoms with Gasteiger partial charge < -0.3 is 9.13 Å². The summed E-state index contributed by atoms with van der Waals surface area (Å²) in [4.78, 5) is 0.723. The predicted molar refractivity (Wildman–Crippen MR) is 192 cm³/mol. The highest BCUT2D eigenvalue weighted by Crippen LogP contribution is 2.59. The largest absolute Gasteiger partial charge is 0.309 e. The molecular formula is C43H26N2O2S. The van der Waals surface area contributed by atoms with E-state index in [9.17, 15) is 8.42 Å². The van der Waals surface area contributed by atoms with E-state index >= 15 is 0 Å². The van der Waals surface area contributed by atoms with Gasteiger partial charge in [0.2, 0.25) is 9.84 Å². The fraction of sp³-hybridized carbons (Fsp3) is 0.0233. The highest BCUT2D eigenvalue weighted by atomic mass is 32.2. The minimum Gasteiger partial charge on any atom is -0.309 e. The molecule has 0 saturated heterocycles. The van der Waals surface area contributed by atoms with Crippen molar-refractivity contribution in [2.45, 2.75) is 15.2 Å². The predicted octanol–water partition coefficient (Wildman–Crippen LogP) is 9.72. The third-order valence-corrected chi connectivity index (χ3v) is 12.6. The normalized spacial score (nSPS) is 17.2. The Labute approximate surface area is 276 Å². The molecule has 4 heterocycles. The van der Waals surface area contributed by atoms with Crippen molar-refractivity contribution in [1.82, 2.24) is 9.13 Å². The minimum absolute atomic E-state index is 0.361. The van der Waals surface area contributed by atoms with Gasteiger partial charge in [0, 0.05) is 27.2 Å². The number of benzene rings is 7. The molecule has 0 radical (unpaired) electrons. The molecule has 0 bridgehead atoms. The second kappa shape index (κ2) is 8.91. The molecule has 7 aromatic carbocycles. The Morgan fingerprint density at radius 3 is 1.83 bits per heavy atom. The Hall–Kier alpha value is -5.91. The van der Waals surface area contributed by atoms with Crippen LogP contribution in [0.25, 0.3) is 55.0 Å². The molecule has 1 atom stereocenters. The van der Waals surface area contributed by atoms with Crippen molar-refractivity contribution < 1.29 is 8.42 Å². The highest BCUT2D eigenvalue weighted by Gasteiger charge is 2.53. The summed E-state index contributed by atoms with van der Waals surface area (Å²) in [5.74, 6) is 0. The summed E-state index contributed by atoms with van der Waals surface area (Å²) >= 11 is 0. The molecule has 0 amide bonds. The monoisotopic (exact) mass is 634 g/mol. The number of fused-ring (bicyclic) bond motifs is 14. The Morgan fingerprint density at radius 2 is 1.02 bits per heavy atom. The standard InChI is InChI=1S/C43H26N2O2S/c46-48(47)40-24-11-7-19-33(40)43(32-18-6-10-23-38(32)45-37-22-9-4-15-28(37)30-17-12-20-34(43)42(30)45)35-26-39-31(25-41(35)48)29-16-5-8-21-36(29)44(39)27-13-2-1-3-14-27/h1-26H. The van der Waals surface area contributed by atoms with Gasteiger partial charge in [0.15, 0.2) is 0 Å². The van der Waals surface area contributed by atoms with Gasteiger partial charge in [-0.1, -0.05) is 109 Å². The average molecular weight is 635 g/mol. The van der Waals surface area contributed by atoms with Crippen LogP contribution in [0.1, 0.15) is 22.3 Å². The summed E-state index contributed by atoms with van der Waals surface area (Å²) in [5.41, 5.74) is 9.18. The zero-order valence-electron chi connectivity index (χ0n) is 25.6. The second-order valence-electron chi connectivity index (χ2n) is 12.9. The van der Waals surface area contributed by atoms with E-state index < -0.39 is 15.3 Å². The smallest absolute Gasteiger partial charge is 0.207 e. The van der Waals surface area contributed by atoms with Crippen molar-refractivity contribution in [1.29, 1.82) is 0 Å². The van der Waals surface area contributed by atoms with Gasteiger partial charge in [-0.2, -0.15) is 0 Å². The third-order valence-electron chi connectivity index (χ3n) is 10.7. The molecule has 226 valence electrons. The number of aromatic nitrogens is 2. The molecule has 0 saturated carbocycles. The van der Waals surface area contributed by atoms with Crippen LogP contribution in [0, 0.1) is 0 Å². The molecule has 1 unspecified atom stereocenters. The van der Waals surface area contributed by atoms with Gasteiger partial charge in [-0.15, -0.1) is 0 Å². The summed E-state index contributed by atoms with van der Waals surface area (Å²) in [6.45, 7) is 0. The average Bonchev–Trinajstić information content (AvgIpc) is 3.65. The van der Waals surface area contributed by atoms with Gasteiger partial charge in [-0.25, -0.2) is 8.42 Å². The molecule has 11 rings (SSSR count). The van der Waals surface area contributed by atoms with Gasteiger partial charge in [-0.3, -0.25) is 0 Å². The molecule has 0 N–H and O–H groups in total. The van der Waals surface area contributed by atoms with Crippen LogP contribution in [0.15, 0.2) is 168 Å². The molecule has 48 heavy (non-hydrogen) atoms. The Bertz CT molecular complexity index is 2970. The minimum atomic E-state index is -3.88. The van der Waals surface area contributed by atoms with Crippen LogP contribution in [-0.4, -0.2) is 17.6 Å². The molecule has 2 aliphatic rings. The van der Waals surface area contributed by atoms with Crippen LogP contribution >= 0.6 is 0 Å². The summed E-state index contributed by atoms with van der Waals surface area (Å²) < 4.78 is 34.5. The number of rotatable bonds is 1. The van der Waals surface area contributed by atoms with Crippen molar-refractivity contribution in [3.8, 4) is 11.4 Å². The molecule has 2 aromatic heterocycles. The lowest BCUT2D eigenvalue weighted by Crippen LogP contribution is -2.40. The Kier molecular flexibility index (Phi) is 4.86.